The highest BCUT2D eigenvalue weighted by atomic mass is 16.5. The predicted octanol–water partition coefficient (Wildman–Crippen LogP) is 1.39. The zero-order valence-electron chi connectivity index (χ0n) is 10.7. The van der Waals surface area contributed by atoms with E-state index >= 15 is 0 Å². The summed E-state index contributed by atoms with van der Waals surface area (Å²) < 4.78 is 5.58. The van der Waals surface area contributed by atoms with Crippen LogP contribution in [0.25, 0.3) is 0 Å². The lowest BCUT2D eigenvalue weighted by Gasteiger charge is -2.33. The number of nitrogens with one attached hydrogen (secondary N) is 2. The van der Waals surface area contributed by atoms with Crippen LogP contribution in [0.2, 0.25) is 0 Å². The van der Waals surface area contributed by atoms with Gasteiger partial charge in [0.05, 0.1) is 13.2 Å². The van der Waals surface area contributed by atoms with Crippen LogP contribution in [0.5, 0.6) is 0 Å². The fourth-order valence-corrected chi connectivity index (χ4v) is 2.97. The Labute approximate surface area is 99.3 Å². The zero-order chi connectivity index (χ0) is 11.4. The first-order chi connectivity index (χ1) is 7.77. The third-order valence-electron chi connectivity index (χ3n) is 3.82. The summed E-state index contributed by atoms with van der Waals surface area (Å²) in [6.07, 6.45) is 4.07. The van der Waals surface area contributed by atoms with Crippen molar-refractivity contribution in [2.75, 3.05) is 26.3 Å². The molecule has 2 fully saturated rings. The third kappa shape index (κ3) is 3.19. The Hall–Kier alpha value is -0.120. The monoisotopic (exact) mass is 226 g/mol. The Bertz CT molecular complexity index is 202. The van der Waals surface area contributed by atoms with Gasteiger partial charge in [-0.15, -0.1) is 0 Å². The molecule has 1 heterocycles. The molecule has 0 radical (unpaired) electrons. The van der Waals surface area contributed by atoms with Crippen molar-refractivity contribution in [1.82, 2.24) is 10.6 Å². The third-order valence-corrected chi connectivity index (χ3v) is 3.82. The minimum atomic E-state index is 0.584. The number of rotatable bonds is 4. The van der Waals surface area contributed by atoms with Crippen LogP contribution < -0.4 is 10.6 Å². The van der Waals surface area contributed by atoms with Gasteiger partial charge in [-0.3, -0.25) is 0 Å². The SMILES string of the molecule is CC(C)CNC1CCCC1C1COCCN1. The summed E-state index contributed by atoms with van der Waals surface area (Å²) in [6.45, 7) is 8.52. The van der Waals surface area contributed by atoms with Gasteiger partial charge in [0.15, 0.2) is 0 Å². The molecule has 2 rings (SSSR count). The van der Waals surface area contributed by atoms with Crippen LogP contribution in [0.3, 0.4) is 0 Å². The van der Waals surface area contributed by atoms with Crippen LogP contribution in [-0.4, -0.2) is 38.4 Å². The van der Waals surface area contributed by atoms with E-state index in [9.17, 15) is 0 Å². The molecule has 1 aliphatic carbocycles. The highest BCUT2D eigenvalue weighted by molar-refractivity contribution is 4.92. The van der Waals surface area contributed by atoms with Crippen molar-refractivity contribution >= 4 is 0 Å². The van der Waals surface area contributed by atoms with Crippen LogP contribution in [0.1, 0.15) is 33.1 Å². The minimum absolute atomic E-state index is 0.584. The van der Waals surface area contributed by atoms with Crippen molar-refractivity contribution in [2.45, 2.75) is 45.2 Å². The van der Waals surface area contributed by atoms with Gasteiger partial charge in [0.1, 0.15) is 0 Å². The molecule has 1 aliphatic heterocycles. The summed E-state index contributed by atoms with van der Waals surface area (Å²) >= 11 is 0. The molecular formula is C13H26N2O. The summed E-state index contributed by atoms with van der Waals surface area (Å²) in [5.74, 6) is 1.52. The summed E-state index contributed by atoms with van der Waals surface area (Å²) in [5.41, 5.74) is 0. The van der Waals surface area contributed by atoms with Crippen molar-refractivity contribution in [3.05, 3.63) is 0 Å². The summed E-state index contributed by atoms with van der Waals surface area (Å²) in [4.78, 5) is 0. The lowest BCUT2D eigenvalue weighted by atomic mass is 9.93. The fourth-order valence-electron chi connectivity index (χ4n) is 2.97. The molecule has 0 aromatic rings. The van der Waals surface area contributed by atoms with Gasteiger partial charge in [0.2, 0.25) is 0 Å². The molecule has 3 heteroatoms. The van der Waals surface area contributed by atoms with Gasteiger partial charge in [-0.05, 0) is 31.2 Å². The van der Waals surface area contributed by atoms with E-state index < -0.39 is 0 Å². The summed E-state index contributed by atoms with van der Waals surface area (Å²) in [7, 11) is 0. The van der Waals surface area contributed by atoms with E-state index in [2.05, 4.69) is 24.5 Å². The molecular weight excluding hydrogens is 200 g/mol. The van der Waals surface area contributed by atoms with E-state index in [1.54, 1.807) is 0 Å². The number of hydrogen-bond acceptors (Lipinski definition) is 3. The molecule has 2 N–H and O–H groups in total. The van der Waals surface area contributed by atoms with E-state index in [1.807, 2.05) is 0 Å². The maximum absolute atomic E-state index is 5.58. The van der Waals surface area contributed by atoms with Crippen LogP contribution in [0.4, 0.5) is 0 Å². The second kappa shape index (κ2) is 5.99. The fraction of sp³-hybridized carbons (Fsp3) is 1.00. The predicted molar refractivity (Wildman–Crippen MR) is 66.6 cm³/mol. The van der Waals surface area contributed by atoms with E-state index in [0.717, 1.165) is 38.1 Å². The van der Waals surface area contributed by atoms with Gasteiger partial charge < -0.3 is 15.4 Å². The largest absolute Gasteiger partial charge is 0.379 e. The Kier molecular flexibility index (Phi) is 4.62. The number of ether oxygens (including phenoxy) is 1. The van der Waals surface area contributed by atoms with Crippen LogP contribution in [-0.2, 0) is 4.74 Å². The van der Waals surface area contributed by atoms with Crippen LogP contribution >= 0.6 is 0 Å². The molecule has 0 aromatic heterocycles. The molecule has 3 unspecified atom stereocenters. The maximum atomic E-state index is 5.58. The standard InChI is InChI=1S/C13H26N2O/c1-10(2)8-15-12-5-3-4-11(12)13-9-16-7-6-14-13/h10-15H,3-9H2,1-2H3. The van der Waals surface area contributed by atoms with Crippen LogP contribution in [0.15, 0.2) is 0 Å². The molecule has 3 atom stereocenters. The summed E-state index contributed by atoms with van der Waals surface area (Å²) in [6, 6.07) is 1.29. The van der Waals surface area contributed by atoms with Gasteiger partial charge in [-0.1, -0.05) is 20.3 Å². The Morgan fingerprint density at radius 1 is 1.38 bits per heavy atom. The van der Waals surface area contributed by atoms with E-state index in [0.29, 0.717) is 12.1 Å². The average molecular weight is 226 g/mol. The highest BCUT2D eigenvalue weighted by Gasteiger charge is 2.34. The van der Waals surface area contributed by atoms with Crippen molar-refractivity contribution in [3.8, 4) is 0 Å². The second-order valence-electron chi connectivity index (χ2n) is 5.64. The van der Waals surface area contributed by atoms with Crippen molar-refractivity contribution in [1.29, 1.82) is 0 Å². The first kappa shape index (κ1) is 12.3. The summed E-state index contributed by atoms with van der Waals surface area (Å²) in [5, 5.41) is 7.35. The minimum Gasteiger partial charge on any atom is -0.379 e. The molecule has 2 aliphatic rings. The van der Waals surface area contributed by atoms with Gasteiger partial charge in [0.25, 0.3) is 0 Å². The number of hydrogen-bond donors (Lipinski definition) is 2. The lowest BCUT2D eigenvalue weighted by molar-refractivity contribution is 0.0523. The first-order valence-electron chi connectivity index (χ1n) is 6.82. The Morgan fingerprint density at radius 2 is 2.25 bits per heavy atom. The molecule has 16 heavy (non-hydrogen) atoms. The average Bonchev–Trinajstić information content (AvgIpc) is 2.75. The highest BCUT2D eigenvalue weighted by Crippen LogP contribution is 2.29. The van der Waals surface area contributed by atoms with E-state index in [4.69, 9.17) is 4.74 Å². The maximum Gasteiger partial charge on any atom is 0.0623 e. The molecule has 3 nitrogen and oxygen atoms in total. The molecule has 0 spiro atoms. The first-order valence-corrected chi connectivity index (χ1v) is 6.82. The molecule has 0 aromatic carbocycles. The van der Waals surface area contributed by atoms with Gasteiger partial charge in [-0.2, -0.15) is 0 Å². The van der Waals surface area contributed by atoms with Crippen molar-refractivity contribution in [3.63, 3.8) is 0 Å². The lowest BCUT2D eigenvalue weighted by Crippen LogP contribution is -2.51. The van der Waals surface area contributed by atoms with E-state index in [-0.39, 0.29) is 0 Å². The van der Waals surface area contributed by atoms with E-state index in [1.165, 1.54) is 19.3 Å². The quantitative estimate of drug-likeness (QED) is 0.760. The Balaban J connectivity index is 1.82. The zero-order valence-corrected chi connectivity index (χ0v) is 10.7. The van der Waals surface area contributed by atoms with Crippen molar-refractivity contribution < 1.29 is 4.74 Å². The Morgan fingerprint density at radius 3 is 2.94 bits per heavy atom. The molecule has 1 saturated heterocycles. The van der Waals surface area contributed by atoms with Gasteiger partial charge >= 0.3 is 0 Å². The second-order valence-corrected chi connectivity index (χ2v) is 5.64. The molecule has 0 amide bonds. The molecule has 1 saturated carbocycles. The van der Waals surface area contributed by atoms with Gasteiger partial charge in [-0.25, -0.2) is 0 Å². The molecule has 0 bridgehead atoms. The normalized spacial score (nSPS) is 35.8. The molecule has 94 valence electrons. The number of morpholine rings is 1. The smallest absolute Gasteiger partial charge is 0.0623 e. The topological polar surface area (TPSA) is 33.3 Å². The van der Waals surface area contributed by atoms with Gasteiger partial charge in [0, 0.05) is 18.6 Å². The van der Waals surface area contributed by atoms with Crippen LogP contribution in [0, 0.1) is 11.8 Å². The van der Waals surface area contributed by atoms with Crippen molar-refractivity contribution in [2.24, 2.45) is 11.8 Å².